The number of carbonyl (C=O) groups excluding carboxylic acids is 2. The van der Waals surface area contributed by atoms with E-state index in [0.717, 1.165) is 20.5 Å². The number of carbonyl (C=O) groups is 2. The Morgan fingerprint density at radius 3 is 2.54 bits per heavy atom. The number of fused-ring (bicyclic) bond motifs is 3. The van der Waals surface area contributed by atoms with Crippen LogP contribution in [0.2, 0.25) is 0 Å². The van der Waals surface area contributed by atoms with Crippen molar-refractivity contribution in [2.24, 2.45) is 0 Å². The average Bonchev–Trinajstić information content (AvgIpc) is 3.09. The molecule has 1 aliphatic rings. The van der Waals surface area contributed by atoms with Gasteiger partial charge >= 0.3 is 5.97 Å². The third-order valence-corrected chi connectivity index (χ3v) is 5.49. The van der Waals surface area contributed by atoms with Crippen LogP contribution in [0.1, 0.15) is 28.6 Å². The standard InChI is InChI=1S/C17H19NO5S/c1-9(5-15(19)23-4)18-8-11-10-6-12(21-2)13(22-3)7-14(10)24-16(11)17(18)20/h6-7,9H,5,8H2,1-4H3. The molecule has 0 saturated carbocycles. The van der Waals surface area contributed by atoms with Gasteiger partial charge in [-0.15, -0.1) is 11.3 Å². The number of amides is 1. The first-order valence-electron chi connectivity index (χ1n) is 7.55. The topological polar surface area (TPSA) is 65.1 Å². The Hall–Kier alpha value is -2.28. The first kappa shape index (κ1) is 16.6. The van der Waals surface area contributed by atoms with Crippen LogP contribution in [0.3, 0.4) is 0 Å². The van der Waals surface area contributed by atoms with Gasteiger partial charge < -0.3 is 19.1 Å². The molecule has 1 aromatic heterocycles. The summed E-state index contributed by atoms with van der Waals surface area (Å²) >= 11 is 1.45. The van der Waals surface area contributed by atoms with Crippen LogP contribution in [-0.4, -0.2) is 44.1 Å². The number of methoxy groups -OCH3 is 3. The van der Waals surface area contributed by atoms with Crippen LogP contribution < -0.4 is 9.47 Å². The van der Waals surface area contributed by atoms with E-state index in [1.165, 1.54) is 18.4 Å². The zero-order valence-corrected chi connectivity index (χ0v) is 14.9. The second-order valence-corrected chi connectivity index (χ2v) is 6.73. The van der Waals surface area contributed by atoms with E-state index >= 15 is 0 Å². The third-order valence-electron chi connectivity index (χ3n) is 4.30. The van der Waals surface area contributed by atoms with E-state index in [9.17, 15) is 9.59 Å². The summed E-state index contributed by atoms with van der Waals surface area (Å²) in [7, 11) is 4.53. The highest BCUT2D eigenvalue weighted by atomic mass is 32.1. The SMILES string of the molecule is COC(=O)CC(C)N1Cc2c(sc3cc(OC)c(OC)cc23)C1=O. The Morgan fingerprint density at radius 2 is 1.92 bits per heavy atom. The minimum absolute atomic E-state index is 0.0412. The number of thiophene rings is 1. The molecule has 0 N–H and O–H groups in total. The largest absolute Gasteiger partial charge is 0.493 e. The van der Waals surface area contributed by atoms with E-state index in [1.807, 2.05) is 19.1 Å². The molecule has 0 radical (unpaired) electrons. The van der Waals surface area contributed by atoms with Crippen molar-refractivity contribution in [1.82, 2.24) is 4.90 Å². The van der Waals surface area contributed by atoms with Gasteiger partial charge in [0, 0.05) is 34.3 Å². The van der Waals surface area contributed by atoms with E-state index < -0.39 is 0 Å². The lowest BCUT2D eigenvalue weighted by Gasteiger charge is -2.23. The predicted octanol–water partition coefficient (Wildman–Crippen LogP) is 2.83. The van der Waals surface area contributed by atoms with Gasteiger partial charge in [0.15, 0.2) is 11.5 Å². The summed E-state index contributed by atoms with van der Waals surface area (Å²) in [5.74, 6) is 0.926. The molecule has 1 aliphatic heterocycles. The zero-order valence-electron chi connectivity index (χ0n) is 14.0. The van der Waals surface area contributed by atoms with Gasteiger partial charge in [-0.05, 0) is 13.0 Å². The van der Waals surface area contributed by atoms with Crippen molar-refractivity contribution in [3.8, 4) is 11.5 Å². The molecule has 2 aromatic rings. The Kier molecular flexibility index (Phi) is 4.36. The van der Waals surface area contributed by atoms with Crippen LogP contribution in [-0.2, 0) is 16.1 Å². The molecule has 24 heavy (non-hydrogen) atoms. The molecular weight excluding hydrogens is 330 g/mol. The monoisotopic (exact) mass is 349 g/mol. The average molecular weight is 349 g/mol. The zero-order chi connectivity index (χ0) is 17.4. The lowest BCUT2D eigenvalue weighted by molar-refractivity contribution is -0.141. The van der Waals surface area contributed by atoms with Gasteiger partial charge in [0.2, 0.25) is 0 Å². The van der Waals surface area contributed by atoms with Crippen molar-refractivity contribution < 1.29 is 23.8 Å². The molecule has 128 valence electrons. The van der Waals surface area contributed by atoms with Gasteiger partial charge in [-0.25, -0.2) is 0 Å². The number of esters is 1. The summed E-state index contributed by atoms with van der Waals surface area (Å²) in [6, 6.07) is 3.59. The molecule has 0 saturated heterocycles. The molecule has 7 heteroatoms. The lowest BCUT2D eigenvalue weighted by Crippen LogP contribution is -2.35. The molecule has 0 bridgehead atoms. The number of rotatable bonds is 5. The van der Waals surface area contributed by atoms with E-state index in [-0.39, 0.29) is 24.3 Å². The van der Waals surface area contributed by atoms with Crippen LogP contribution >= 0.6 is 11.3 Å². The molecule has 1 amide bonds. The molecule has 0 aliphatic carbocycles. The molecule has 1 atom stereocenters. The van der Waals surface area contributed by atoms with Gasteiger partial charge in [-0.3, -0.25) is 9.59 Å². The Labute approximate surface area is 143 Å². The fourth-order valence-corrected chi connectivity index (χ4v) is 4.15. The molecule has 0 fully saturated rings. The molecule has 3 rings (SSSR count). The molecular formula is C17H19NO5S. The first-order valence-corrected chi connectivity index (χ1v) is 8.37. The van der Waals surface area contributed by atoms with E-state index in [4.69, 9.17) is 14.2 Å². The van der Waals surface area contributed by atoms with Crippen LogP contribution in [0.15, 0.2) is 12.1 Å². The van der Waals surface area contributed by atoms with Crippen LogP contribution in [0.25, 0.3) is 10.1 Å². The van der Waals surface area contributed by atoms with E-state index in [1.54, 1.807) is 19.1 Å². The number of hydrogen-bond donors (Lipinski definition) is 0. The summed E-state index contributed by atoms with van der Waals surface area (Å²) in [5, 5.41) is 0.994. The van der Waals surface area contributed by atoms with Crippen LogP contribution in [0.5, 0.6) is 11.5 Å². The van der Waals surface area contributed by atoms with E-state index in [2.05, 4.69) is 0 Å². The van der Waals surface area contributed by atoms with Gasteiger partial charge in [0.25, 0.3) is 5.91 Å². The van der Waals surface area contributed by atoms with Crippen molar-refractivity contribution in [2.45, 2.75) is 25.9 Å². The normalized spacial score (nSPS) is 14.7. The van der Waals surface area contributed by atoms with Gasteiger partial charge in [0.05, 0.1) is 32.6 Å². The van der Waals surface area contributed by atoms with Crippen LogP contribution in [0, 0.1) is 0 Å². The Bertz CT molecular complexity index is 813. The van der Waals surface area contributed by atoms with Gasteiger partial charge in [-0.1, -0.05) is 0 Å². The van der Waals surface area contributed by atoms with Gasteiger partial charge in [0.1, 0.15) is 0 Å². The summed E-state index contributed by atoms with van der Waals surface area (Å²) in [4.78, 5) is 26.6. The Morgan fingerprint density at radius 1 is 1.25 bits per heavy atom. The maximum Gasteiger partial charge on any atom is 0.307 e. The third kappa shape index (κ3) is 2.58. The Balaban J connectivity index is 1.96. The number of benzene rings is 1. The minimum atomic E-state index is -0.318. The second-order valence-electron chi connectivity index (χ2n) is 5.68. The maximum atomic E-state index is 12.7. The molecule has 1 aromatic carbocycles. The molecule has 6 nitrogen and oxygen atoms in total. The smallest absolute Gasteiger partial charge is 0.307 e. The highest BCUT2D eigenvalue weighted by Gasteiger charge is 2.35. The summed E-state index contributed by atoms with van der Waals surface area (Å²) < 4.78 is 16.4. The van der Waals surface area contributed by atoms with Gasteiger partial charge in [-0.2, -0.15) is 0 Å². The minimum Gasteiger partial charge on any atom is -0.493 e. The molecule has 0 spiro atoms. The highest BCUT2D eigenvalue weighted by molar-refractivity contribution is 7.21. The predicted molar refractivity (Wildman–Crippen MR) is 90.9 cm³/mol. The fraction of sp³-hybridized carbons (Fsp3) is 0.412. The van der Waals surface area contributed by atoms with Crippen LogP contribution in [0.4, 0.5) is 0 Å². The number of ether oxygens (including phenoxy) is 3. The lowest BCUT2D eigenvalue weighted by atomic mass is 10.1. The van der Waals surface area contributed by atoms with Crippen molar-refractivity contribution in [3.05, 3.63) is 22.6 Å². The second kappa shape index (κ2) is 6.32. The molecule has 2 heterocycles. The summed E-state index contributed by atoms with van der Waals surface area (Å²) in [6.45, 7) is 2.35. The first-order chi connectivity index (χ1) is 11.5. The van der Waals surface area contributed by atoms with Crippen molar-refractivity contribution >= 4 is 33.3 Å². The summed E-state index contributed by atoms with van der Waals surface area (Å²) in [6.07, 6.45) is 0.187. The summed E-state index contributed by atoms with van der Waals surface area (Å²) in [5.41, 5.74) is 0.984. The molecule has 1 unspecified atom stereocenters. The maximum absolute atomic E-state index is 12.7. The number of hydrogen-bond acceptors (Lipinski definition) is 6. The van der Waals surface area contributed by atoms with E-state index in [0.29, 0.717) is 18.0 Å². The quantitative estimate of drug-likeness (QED) is 0.777. The highest BCUT2D eigenvalue weighted by Crippen LogP contribution is 2.43. The van der Waals surface area contributed by atoms with Crippen molar-refractivity contribution in [3.63, 3.8) is 0 Å². The fourth-order valence-electron chi connectivity index (χ4n) is 2.97. The number of nitrogens with zero attached hydrogens (tertiary/aromatic N) is 1. The van der Waals surface area contributed by atoms with Crippen molar-refractivity contribution in [1.29, 1.82) is 0 Å². The van der Waals surface area contributed by atoms with Crippen molar-refractivity contribution in [2.75, 3.05) is 21.3 Å².